The van der Waals surface area contributed by atoms with Crippen LogP contribution in [0.3, 0.4) is 0 Å². The summed E-state index contributed by atoms with van der Waals surface area (Å²) in [5.74, 6) is -4.10. The van der Waals surface area contributed by atoms with E-state index in [-0.39, 0.29) is 39.6 Å². The Morgan fingerprint density at radius 3 is 2.14 bits per heavy atom. The van der Waals surface area contributed by atoms with Gasteiger partial charge in [0.1, 0.15) is 11.4 Å². The number of pyridine rings is 1. The quantitative estimate of drug-likeness (QED) is 0.270. The van der Waals surface area contributed by atoms with Crippen molar-refractivity contribution >= 4 is 28.5 Å². The van der Waals surface area contributed by atoms with Crippen LogP contribution in [0.15, 0.2) is 42.6 Å². The van der Waals surface area contributed by atoms with E-state index in [1.165, 1.54) is 38.5 Å². The number of nitrogens with zero attached hydrogens (tertiary/aromatic N) is 1. The smallest absolute Gasteiger partial charge is 0.491 e. The topological polar surface area (TPSA) is 101 Å². The Labute approximate surface area is 197 Å². The first-order chi connectivity index (χ1) is 16.5. The number of ketones is 1. The van der Waals surface area contributed by atoms with Crippen molar-refractivity contribution in [1.82, 2.24) is 4.98 Å². The number of fused-ring (bicyclic) bond motifs is 1. The molecular weight excluding hydrogens is 471 g/mol. The van der Waals surface area contributed by atoms with Crippen LogP contribution in [0.25, 0.3) is 10.8 Å². The lowest BCUT2D eigenvalue weighted by atomic mass is 9.99. The van der Waals surface area contributed by atoms with E-state index < -0.39 is 29.5 Å². The fraction of sp³-hybridized carbons (Fsp3) is 0.250. The number of methoxy groups -OCH3 is 2. The van der Waals surface area contributed by atoms with Gasteiger partial charge in [0, 0.05) is 22.5 Å². The fourth-order valence-electron chi connectivity index (χ4n) is 3.23. The highest BCUT2D eigenvalue weighted by atomic mass is 19.4. The Morgan fingerprint density at radius 2 is 1.57 bits per heavy atom. The fourth-order valence-corrected chi connectivity index (χ4v) is 3.23. The summed E-state index contributed by atoms with van der Waals surface area (Å²) in [6.45, 7) is 3.65. The zero-order valence-electron chi connectivity index (χ0n) is 19.1. The third-order valence-electron chi connectivity index (χ3n) is 4.71. The molecule has 3 rings (SSSR count). The van der Waals surface area contributed by atoms with Gasteiger partial charge in [0.25, 0.3) is 0 Å². The van der Waals surface area contributed by atoms with Crippen molar-refractivity contribution in [2.45, 2.75) is 26.1 Å². The number of esters is 2. The van der Waals surface area contributed by atoms with Gasteiger partial charge in [0.2, 0.25) is 5.78 Å². The second-order valence-electron chi connectivity index (χ2n) is 7.47. The number of carbonyl (C=O) groups is 3. The van der Waals surface area contributed by atoms with Gasteiger partial charge in [-0.05, 0) is 38.1 Å². The van der Waals surface area contributed by atoms with Gasteiger partial charge in [0.15, 0.2) is 11.5 Å². The van der Waals surface area contributed by atoms with Crippen molar-refractivity contribution < 1.29 is 46.5 Å². The number of hydrogen-bond acceptors (Lipinski definition) is 8. The molecule has 0 aliphatic carbocycles. The van der Waals surface area contributed by atoms with E-state index >= 15 is 0 Å². The second kappa shape index (κ2) is 10.00. The Hall–Kier alpha value is -4.15. The average molecular weight is 491 g/mol. The Bertz CT molecular complexity index is 1300. The largest absolute Gasteiger partial charge is 0.493 e. The predicted molar refractivity (Wildman–Crippen MR) is 117 cm³/mol. The zero-order chi connectivity index (χ0) is 25.9. The van der Waals surface area contributed by atoms with Crippen LogP contribution < -0.4 is 14.2 Å². The number of benzene rings is 2. The van der Waals surface area contributed by atoms with Gasteiger partial charge in [-0.15, -0.1) is 0 Å². The summed E-state index contributed by atoms with van der Waals surface area (Å²) in [6, 6.07) is 8.97. The summed E-state index contributed by atoms with van der Waals surface area (Å²) in [5, 5.41) is 0.0345. The average Bonchev–Trinajstić information content (AvgIpc) is 2.80. The van der Waals surface area contributed by atoms with Gasteiger partial charge in [-0.3, -0.25) is 9.78 Å². The van der Waals surface area contributed by atoms with Crippen LogP contribution in [0.5, 0.6) is 17.2 Å². The lowest BCUT2D eigenvalue weighted by Crippen LogP contribution is -2.28. The van der Waals surface area contributed by atoms with Gasteiger partial charge in [-0.25, -0.2) is 9.59 Å². The monoisotopic (exact) mass is 491 g/mol. The first-order valence-electron chi connectivity index (χ1n) is 10.2. The maximum absolute atomic E-state index is 13.3. The van der Waals surface area contributed by atoms with Crippen LogP contribution in [0, 0.1) is 0 Å². The first-order valence-corrected chi connectivity index (χ1v) is 10.2. The Kier molecular flexibility index (Phi) is 7.28. The first kappa shape index (κ1) is 25.5. The molecule has 11 heteroatoms. The molecule has 0 aliphatic heterocycles. The molecule has 2 aromatic carbocycles. The molecule has 0 unspecified atom stereocenters. The van der Waals surface area contributed by atoms with Crippen molar-refractivity contribution in [2.75, 3.05) is 14.2 Å². The molecule has 1 aromatic heterocycles. The van der Waals surface area contributed by atoms with E-state index in [0.717, 1.165) is 6.20 Å². The van der Waals surface area contributed by atoms with Crippen molar-refractivity contribution in [3.63, 3.8) is 0 Å². The van der Waals surface area contributed by atoms with Crippen LogP contribution in [-0.2, 0) is 9.53 Å². The summed E-state index contributed by atoms with van der Waals surface area (Å²) < 4.78 is 57.8. The standard InChI is InChI=1S/C24H20F3NO7/c1-12(2)34-14-7-5-6-13(8-14)21(29)20-16-10-19(33-4)18(32-3)9-15(16)17(11-28-20)22(30)35-23(31)24(25,26)27/h5-12H,1-4H3. The molecule has 0 fully saturated rings. The minimum Gasteiger partial charge on any atom is -0.493 e. The molecule has 8 nitrogen and oxygen atoms in total. The number of carbonyl (C=O) groups excluding carboxylic acids is 3. The summed E-state index contributed by atoms with van der Waals surface area (Å²) in [6.07, 6.45) is -4.65. The lowest BCUT2D eigenvalue weighted by Gasteiger charge is -2.14. The van der Waals surface area contributed by atoms with Crippen LogP contribution in [0.4, 0.5) is 13.2 Å². The minimum absolute atomic E-state index is 0.0319. The number of rotatable bonds is 7. The van der Waals surface area contributed by atoms with Gasteiger partial charge in [-0.1, -0.05) is 12.1 Å². The van der Waals surface area contributed by atoms with E-state index in [9.17, 15) is 27.6 Å². The van der Waals surface area contributed by atoms with Gasteiger partial charge < -0.3 is 18.9 Å². The van der Waals surface area contributed by atoms with E-state index in [1.54, 1.807) is 12.1 Å². The highest BCUT2D eigenvalue weighted by molar-refractivity contribution is 6.18. The number of alkyl halides is 3. The third kappa shape index (κ3) is 5.51. The van der Waals surface area contributed by atoms with Crippen LogP contribution in [-0.4, -0.2) is 49.2 Å². The van der Waals surface area contributed by atoms with E-state index in [2.05, 4.69) is 9.72 Å². The summed E-state index contributed by atoms with van der Waals surface area (Å²) >= 11 is 0. The number of ether oxygens (including phenoxy) is 4. The molecule has 0 N–H and O–H groups in total. The summed E-state index contributed by atoms with van der Waals surface area (Å²) in [4.78, 5) is 40.9. The molecular formula is C24H20F3NO7. The maximum Gasteiger partial charge on any atom is 0.491 e. The number of aromatic nitrogens is 1. The highest BCUT2D eigenvalue weighted by Crippen LogP contribution is 2.36. The van der Waals surface area contributed by atoms with Crippen molar-refractivity contribution in [3.05, 3.63) is 59.4 Å². The normalized spacial score (nSPS) is 11.3. The molecule has 0 saturated carbocycles. The molecule has 0 radical (unpaired) electrons. The number of halogens is 3. The molecule has 184 valence electrons. The Morgan fingerprint density at radius 1 is 0.943 bits per heavy atom. The molecule has 0 atom stereocenters. The zero-order valence-corrected chi connectivity index (χ0v) is 19.1. The van der Waals surface area contributed by atoms with E-state index in [0.29, 0.717) is 5.75 Å². The van der Waals surface area contributed by atoms with Crippen LogP contribution >= 0.6 is 0 Å². The minimum atomic E-state index is -5.38. The molecule has 0 aliphatic rings. The van der Waals surface area contributed by atoms with Crippen LogP contribution in [0.2, 0.25) is 0 Å². The molecule has 1 heterocycles. The van der Waals surface area contributed by atoms with Gasteiger partial charge >= 0.3 is 18.1 Å². The maximum atomic E-state index is 13.3. The van der Waals surface area contributed by atoms with Crippen molar-refractivity contribution in [1.29, 1.82) is 0 Å². The van der Waals surface area contributed by atoms with Crippen molar-refractivity contribution in [2.24, 2.45) is 0 Å². The van der Waals surface area contributed by atoms with E-state index in [1.807, 2.05) is 13.8 Å². The van der Waals surface area contributed by atoms with E-state index in [4.69, 9.17) is 14.2 Å². The SMILES string of the molecule is COc1cc2c(C(=O)OC(=O)C(F)(F)F)cnc(C(=O)c3cccc(OC(C)C)c3)c2cc1OC. The molecule has 0 amide bonds. The second-order valence-corrected chi connectivity index (χ2v) is 7.47. The van der Waals surface area contributed by atoms with Gasteiger partial charge in [0.05, 0.1) is 25.9 Å². The third-order valence-corrected chi connectivity index (χ3v) is 4.71. The van der Waals surface area contributed by atoms with Crippen molar-refractivity contribution in [3.8, 4) is 17.2 Å². The number of hydrogen-bond donors (Lipinski definition) is 0. The van der Waals surface area contributed by atoms with Crippen LogP contribution in [0.1, 0.15) is 40.3 Å². The predicted octanol–water partition coefficient (Wildman–Crippen LogP) is 4.52. The molecule has 0 saturated heterocycles. The molecule has 35 heavy (non-hydrogen) atoms. The van der Waals surface area contributed by atoms with Gasteiger partial charge in [-0.2, -0.15) is 13.2 Å². The Balaban J connectivity index is 2.17. The molecule has 0 spiro atoms. The summed E-state index contributed by atoms with van der Waals surface area (Å²) in [7, 11) is 2.65. The molecule has 3 aromatic rings. The molecule has 0 bridgehead atoms. The summed E-state index contributed by atoms with van der Waals surface area (Å²) in [5.41, 5.74) is -0.386. The lowest BCUT2D eigenvalue weighted by molar-refractivity contribution is -0.193. The highest BCUT2D eigenvalue weighted by Gasteiger charge is 2.43.